The fourth-order valence-corrected chi connectivity index (χ4v) is 3.88. The van der Waals surface area contributed by atoms with Gasteiger partial charge in [0.1, 0.15) is 0 Å². The highest BCUT2D eigenvalue weighted by atomic mass is 79.9. The Balaban J connectivity index is 2.01. The predicted molar refractivity (Wildman–Crippen MR) is 84.6 cm³/mol. The number of aromatic nitrogens is 2. The van der Waals surface area contributed by atoms with E-state index >= 15 is 0 Å². The van der Waals surface area contributed by atoms with E-state index in [9.17, 15) is 0 Å². The summed E-state index contributed by atoms with van der Waals surface area (Å²) in [7, 11) is 0. The van der Waals surface area contributed by atoms with Crippen LogP contribution in [0.1, 0.15) is 52.5 Å². The SMILES string of the molecule is CCn1cc(CC2CC(C(C)(C)C)CCC2Br)cn1. The quantitative estimate of drug-likeness (QED) is 0.738. The van der Waals surface area contributed by atoms with Crippen molar-refractivity contribution in [1.29, 1.82) is 0 Å². The highest BCUT2D eigenvalue weighted by molar-refractivity contribution is 9.09. The number of alkyl halides is 1. The molecule has 0 N–H and O–H groups in total. The van der Waals surface area contributed by atoms with Gasteiger partial charge in [-0.2, -0.15) is 5.10 Å². The minimum absolute atomic E-state index is 0.443. The molecule has 2 rings (SSSR count). The Labute approximate surface area is 126 Å². The zero-order chi connectivity index (χ0) is 14.0. The topological polar surface area (TPSA) is 17.8 Å². The van der Waals surface area contributed by atoms with Crippen molar-refractivity contribution in [1.82, 2.24) is 9.78 Å². The lowest BCUT2D eigenvalue weighted by atomic mass is 9.68. The Hall–Kier alpha value is -0.310. The number of hydrogen-bond acceptors (Lipinski definition) is 1. The molecule has 0 aliphatic heterocycles. The van der Waals surface area contributed by atoms with Gasteiger partial charge in [-0.1, -0.05) is 36.7 Å². The molecule has 19 heavy (non-hydrogen) atoms. The van der Waals surface area contributed by atoms with E-state index in [1.165, 1.54) is 31.2 Å². The fraction of sp³-hybridized carbons (Fsp3) is 0.812. The van der Waals surface area contributed by atoms with Crippen molar-refractivity contribution in [3.05, 3.63) is 18.0 Å². The molecule has 1 aliphatic rings. The van der Waals surface area contributed by atoms with Gasteiger partial charge in [0.2, 0.25) is 0 Å². The Morgan fingerprint density at radius 2 is 2.11 bits per heavy atom. The minimum atomic E-state index is 0.443. The van der Waals surface area contributed by atoms with Crippen LogP contribution < -0.4 is 0 Å². The van der Waals surface area contributed by atoms with Gasteiger partial charge in [0.25, 0.3) is 0 Å². The van der Waals surface area contributed by atoms with E-state index in [2.05, 4.69) is 54.9 Å². The van der Waals surface area contributed by atoms with Gasteiger partial charge in [-0.05, 0) is 55.4 Å². The van der Waals surface area contributed by atoms with Crippen molar-refractivity contribution in [2.24, 2.45) is 17.3 Å². The van der Waals surface area contributed by atoms with Crippen molar-refractivity contribution in [2.75, 3.05) is 0 Å². The third kappa shape index (κ3) is 3.84. The maximum atomic E-state index is 4.39. The van der Waals surface area contributed by atoms with Crippen molar-refractivity contribution < 1.29 is 0 Å². The first-order chi connectivity index (χ1) is 8.90. The van der Waals surface area contributed by atoms with Crippen LogP contribution in [0, 0.1) is 17.3 Å². The molecule has 108 valence electrons. The summed E-state index contributed by atoms with van der Waals surface area (Å²) in [6.07, 6.45) is 9.45. The maximum Gasteiger partial charge on any atom is 0.0521 e. The molecule has 3 unspecified atom stereocenters. The summed E-state index contributed by atoms with van der Waals surface area (Å²) in [6, 6.07) is 0. The first-order valence-electron chi connectivity index (χ1n) is 7.55. The van der Waals surface area contributed by atoms with Gasteiger partial charge >= 0.3 is 0 Å². The molecule has 0 spiro atoms. The van der Waals surface area contributed by atoms with Crippen LogP contribution in [0.3, 0.4) is 0 Å². The van der Waals surface area contributed by atoms with Crippen molar-refractivity contribution in [2.45, 2.75) is 64.8 Å². The molecule has 1 aromatic heterocycles. The normalized spacial score (nSPS) is 28.6. The van der Waals surface area contributed by atoms with Crippen molar-refractivity contribution in [3.63, 3.8) is 0 Å². The maximum absolute atomic E-state index is 4.39. The Bertz CT molecular complexity index is 405. The number of aryl methyl sites for hydroxylation is 1. The first kappa shape index (κ1) is 15.1. The zero-order valence-electron chi connectivity index (χ0n) is 12.7. The third-order valence-corrected chi connectivity index (χ3v) is 5.83. The summed E-state index contributed by atoms with van der Waals surface area (Å²) < 4.78 is 2.03. The summed E-state index contributed by atoms with van der Waals surface area (Å²) in [5, 5.41) is 4.39. The Morgan fingerprint density at radius 3 is 2.68 bits per heavy atom. The molecular weight excluding hydrogens is 300 g/mol. The molecule has 2 nitrogen and oxygen atoms in total. The molecule has 0 radical (unpaired) electrons. The van der Waals surface area contributed by atoms with Gasteiger partial charge in [0, 0.05) is 17.6 Å². The van der Waals surface area contributed by atoms with Gasteiger partial charge in [-0.15, -0.1) is 0 Å². The van der Waals surface area contributed by atoms with Crippen LogP contribution in [0.25, 0.3) is 0 Å². The monoisotopic (exact) mass is 326 g/mol. The minimum Gasteiger partial charge on any atom is -0.273 e. The standard InChI is InChI=1S/C16H27BrN2/c1-5-19-11-12(10-18-19)8-13-9-14(16(2,3)4)6-7-15(13)17/h10-11,13-15H,5-9H2,1-4H3. The lowest BCUT2D eigenvalue weighted by Crippen LogP contribution is -2.33. The van der Waals surface area contributed by atoms with Gasteiger partial charge in [-0.3, -0.25) is 4.68 Å². The van der Waals surface area contributed by atoms with Gasteiger partial charge < -0.3 is 0 Å². The predicted octanol–water partition coefficient (Wildman–Crippen LogP) is 4.67. The summed E-state index contributed by atoms with van der Waals surface area (Å²) in [5.41, 5.74) is 1.84. The molecule has 0 saturated heterocycles. The van der Waals surface area contributed by atoms with E-state index in [-0.39, 0.29) is 0 Å². The lowest BCUT2D eigenvalue weighted by Gasteiger charge is -2.40. The number of nitrogens with zero attached hydrogens (tertiary/aromatic N) is 2. The van der Waals surface area contributed by atoms with E-state index in [0.717, 1.165) is 18.4 Å². The number of hydrogen-bond donors (Lipinski definition) is 0. The summed E-state index contributed by atoms with van der Waals surface area (Å²) in [4.78, 5) is 0.677. The van der Waals surface area contributed by atoms with Gasteiger partial charge in [0.05, 0.1) is 6.20 Å². The average Bonchev–Trinajstić information content (AvgIpc) is 2.78. The number of rotatable bonds is 3. The highest BCUT2D eigenvalue weighted by Crippen LogP contribution is 2.43. The van der Waals surface area contributed by atoms with E-state index in [1.54, 1.807) is 0 Å². The fourth-order valence-electron chi connectivity index (χ4n) is 3.21. The Kier molecular flexibility index (Phi) is 4.75. The summed E-state index contributed by atoms with van der Waals surface area (Å²) in [5.74, 6) is 1.61. The van der Waals surface area contributed by atoms with E-state index in [1.807, 2.05) is 10.9 Å². The van der Waals surface area contributed by atoms with Gasteiger partial charge in [0.15, 0.2) is 0 Å². The molecule has 1 aromatic rings. The van der Waals surface area contributed by atoms with Crippen LogP contribution >= 0.6 is 15.9 Å². The first-order valence-corrected chi connectivity index (χ1v) is 8.47. The molecule has 1 heterocycles. The van der Waals surface area contributed by atoms with Crippen molar-refractivity contribution in [3.8, 4) is 0 Å². The van der Waals surface area contributed by atoms with Crippen LogP contribution in [0.2, 0.25) is 0 Å². The van der Waals surface area contributed by atoms with Crippen molar-refractivity contribution >= 4 is 15.9 Å². The van der Waals surface area contributed by atoms with E-state index in [4.69, 9.17) is 0 Å². The second kappa shape index (κ2) is 5.99. The second-order valence-electron chi connectivity index (χ2n) is 7.06. The summed E-state index contributed by atoms with van der Waals surface area (Å²) >= 11 is 3.90. The van der Waals surface area contributed by atoms with Crippen LogP contribution in [-0.2, 0) is 13.0 Å². The van der Waals surface area contributed by atoms with Gasteiger partial charge in [-0.25, -0.2) is 0 Å². The molecule has 0 bridgehead atoms. The molecule has 3 atom stereocenters. The van der Waals surface area contributed by atoms with E-state index in [0.29, 0.717) is 10.2 Å². The second-order valence-corrected chi connectivity index (χ2v) is 8.24. The number of halogens is 1. The molecule has 3 heteroatoms. The Morgan fingerprint density at radius 1 is 1.37 bits per heavy atom. The molecule has 0 amide bonds. The van der Waals surface area contributed by atoms with Crippen LogP contribution in [0.5, 0.6) is 0 Å². The lowest BCUT2D eigenvalue weighted by molar-refractivity contribution is 0.146. The molecular formula is C16H27BrN2. The van der Waals surface area contributed by atoms with Crippen LogP contribution in [0.4, 0.5) is 0 Å². The average molecular weight is 327 g/mol. The largest absolute Gasteiger partial charge is 0.273 e. The van der Waals surface area contributed by atoms with Crippen LogP contribution in [-0.4, -0.2) is 14.6 Å². The molecule has 1 aliphatic carbocycles. The molecule has 0 aromatic carbocycles. The molecule has 1 saturated carbocycles. The zero-order valence-corrected chi connectivity index (χ0v) is 14.3. The van der Waals surface area contributed by atoms with E-state index < -0.39 is 0 Å². The third-order valence-electron chi connectivity index (χ3n) is 4.62. The smallest absolute Gasteiger partial charge is 0.0521 e. The van der Waals surface area contributed by atoms with Crippen LogP contribution in [0.15, 0.2) is 12.4 Å². The highest BCUT2D eigenvalue weighted by Gasteiger charge is 2.34. The summed E-state index contributed by atoms with van der Waals surface area (Å²) in [6.45, 7) is 10.3. The molecule has 1 fully saturated rings.